The Labute approximate surface area is 89.8 Å². The van der Waals surface area contributed by atoms with E-state index in [-0.39, 0.29) is 6.61 Å². The van der Waals surface area contributed by atoms with Crippen LogP contribution in [0, 0.1) is 0 Å². The third-order valence-electron chi connectivity index (χ3n) is 1.83. The van der Waals surface area contributed by atoms with Crippen molar-refractivity contribution in [2.45, 2.75) is 5.92 Å². The predicted octanol–water partition coefficient (Wildman–Crippen LogP) is 1.51. The van der Waals surface area contributed by atoms with Gasteiger partial charge in [-0.1, -0.05) is 28.1 Å². The number of hydrogen-bond donors (Lipinski definition) is 2. The molecule has 1 atom stereocenters. The molecule has 0 bridgehead atoms. The first kappa shape index (κ1) is 11.2. The summed E-state index contributed by atoms with van der Waals surface area (Å²) >= 11 is 3.27. The molecule has 76 valence electrons. The first-order chi connectivity index (χ1) is 6.65. The molecule has 5 heteroatoms. The van der Waals surface area contributed by atoms with Crippen LogP contribution >= 0.6 is 15.9 Å². The van der Waals surface area contributed by atoms with Crippen LogP contribution in [-0.2, 0) is 9.63 Å². The molecule has 0 saturated carbocycles. The van der Waals surface area contributed by atoms with Gasteiger partial charge in [-0.15, -0.1) is 0 Å². The molecular formula is C9H10BrNO3. The predicted molar refractivity (Wildman–Crippen MR) is 54.7 cm³/mol. The summed E-state index contributed by atoms with van der Waals surface area (Å²) < 4.78 is 0.902. The Morgan fingerprint density at radius 3 is 2.50 bits per heavy atom. The zero-order valence-electron chi connectivity index (χ0n) is 7.31. The highest BCUT2D eigenvalue weighted by molar-refractivity contribution is 9.10. The molecule has 1 aromatic rings. The van der Waals surface area contributed by atoms with Gasteiger partial charge in [0, 0.05) is 4.47 Å². The number of rotatable bonds is 4. The van der Waals surface area contributed by atoms with Crippen LogP contribution in [0.25, 0.3) is 0 Å². The van der Waals surface area contributed by atoms with Gasteiger partial charge in [-0.25, -0.2) is 5.90 Å². The Morgan fingerprint density at radius 2 is 2.07 bits per heavy atom. The topological polar surface area (TPSA) is 72.5 Å². The summed E-state index contributed by atoms with van der Waals surface area (Å²) in [7, 11) is 0. The summed E-state index contributed by atoms with van der Waals surface area (Å²) in [6.07, 6.45) is 0. The van der Waals surface area contributed by atoms with E-state index in [9.17, 15) is 4.79 Å². The standard InChI is InChI=1S/C9H10BrNO3/c10-7-3-1-6(2-4-7)8(5-14-11)9(12)13/h1-4,8H,5,11H2,(H,12,13). The van der Waals surface area contributed by atoms with E-state index in [4.69, 9.17) is 11.0 Å². The van der Waals surface area contributed by atoms with E-state index in [0.29, 0.717) is 5.56 Å². The molecule has 1 aromatic carbocycles. The Morgan fingerprint density at radius 1 is 1.50 bits per heavy atom. The van der Waals surface area contributed by atoms with Gasteiger partial charge in [-0.05, 0) is 17.7 Å². The van der Waals surface area contributed by atoms with Crippen molar-refractivity contribution in [2.75, 3.05) is 6.61 Å². The maximum Gasteiger partial charge on any atom is 0.313 e. The van der Waals surface area contributed by atoms with Crippen LogP contribution in [0.2, 0.25) is 0 Å². The number of carbonyl (C=O) groups is 1. The molecule has 0 aliphatic carbocycles. The van der Waals surface area contributed by atoms with Crippen LogP contribution in [-0.4, -0.2) is 17.7 Å². The first-order valence-electron chi connectivity index (χ1n) is 3.95. The second-order valence-electron chi connectivity index (χ2n) is 2.78. The normalized spacial score (nSPS) is 12.4. The van der Waals surface area contributed by atoms with Gasteiger partial charge in [0.1, 0.15) is 5.92 Å². The fourth-order valence-corrected chi connectivity index (χ4v) is 1.37. The highest BCUT2D eigenvalue weighted by atomic mass is 79.9. The summed E-state index contributed by atoms with van der Waals surface area (Å²) in [5, 5.41) is 8.88. The molecule has 4 nitrogen and oxygen atoms in total. The molecule has 0 aromatic heterocycles. The van der Waals surface area contributed by atoms with Crippen molar-refractivity contribution in [3.05, 3.63) is 34.3 Å². The van der Waals surface area contributed by atoms with Gasteiger partial charge in [0.25, 0.3) is 0 Å². The van der Waals surface area contributed by atoms with Crippen LogP contribution in [0.1, 0.15) is 11.5 Å². The average Bonchev–Trinajstić information content (AvgIpc) is 2.15. The largest absolute Gasteiger partial charge is 0.481 e. The molecule has 1 unspecified atom stereocenters. The van der Waals surface area contributed by atoms with E-state index in [1.54, 1.807) is 24.3 Å². The third kappa shape index (κ3) is 2.80. The highest BCUT2D eigenvalue weighted by Crippen LogP contribution is 2.19. The lowest BCUT2D eigenvalue weighted by molar-refractivity contribution is -0.140. The zero-order valence-corrected chi connectivity index (χ0v) is 8.90. The van der Waals surface area contributed by atoms with Crippen molar-refractivity contribution in [3.63, 3.8) is 0 Å². The lowest BCUT2D eigenvalue weighted by atomic mass is 10.0. The van der Waals surface area contributed by atoms with Crippen LogP contribution in [0.3, 0.4) is 0 Å². The van der Waals surface area contributed by atoms with Crippen molar-refractivity contribution in [1.29, 1.82) is 0 Å². The number of carboxylic acids is 1. The van der Waals surface area contributed by atoms with Crippen molar-refractivity contribution in [2.24, 2.45) is 5.90 Å². The van der Waals surface area contributed by atoms with Crippen molar-refractivity contribution < 1.29 is 14.7 Å². The minimum atomic E-state index is -0.947. The minimum absolute atomic E-state index is 0.0308. The molecule has 0 spiro atoms. The molecule has 0 aliphatic rings. The smallest absolute Gasteiger partial charge is 0.313 e. The minimum Gasteiger partial charge on any atom is -0.481 e. The monoisotopic (exact) mass is 259 g/mol. The molecule has 0 fully saturated rings. The van der Waals surface area contributed by atoms with Crippen molar-refractivity contribution in [1.82, 2.24) is 0 Å². The number of aliphatic carboxylic acids is 1. The van der Waals surface area contributed by atoms with Gasteiger partial charge < -0.3 is 9.94 Å². The fraction of sp³-hybridized carbons (Fsp3) is 0.222. The van der Waals surface area contributed by atoms with E-state index >= 15 is 0 Å². The quantitative estimate of drug-likeness (QED) is 0.805. The van der Waals surface area contributed by atoms with Gasteiger partial charge in [0.05, 0.1) is 6.61 Å². The molecule has 14 heavy (non-hydrogen) atoms. The first-order valence-corrected chi connectivity index (χ1v) is 4.74. The molecule has 0 amide bonds. The molecule has 0 aliphatic heterocycles. The van der Waals surface area contributed by atoms with Crippen LogP contribution in [0.4, 0.5) is 0 Å². The van der Waals surface area contributed by atoms with Gasteiger partial charge in [0.15, 0.2) is 0 Å². The molecule has 0 heterocycles. The van der Waals surface area contributed by atoms with E-state index < -0.39 is 11.9 Å². The molecule has 1 rings (SSSR count). The van der Waals surface area contributed by atoms with Gasteiger partial charge >= 0.3 is 5.97 Å². The van der Waals surface area contributed by atoms with Crippen molar-refractivity contribution >= 4 is 21.9 Å². The second-order valence-corrected chi connectivity index (χ2v) is 3.69. The maximum atomic E-state index is 10.8. The molecule has 0 radical (unpaired) electrons. The van der Waals surface area contributed by atoms with E-state index in [0.717, 1.165) is 4.47 Å². The number of hydrogen-bond acceptors (Lipinski definition) is 3. The number of halogens is 1. The van der Waals surface area contributed by atoms with Gasteiger partial charge in [-0.3, -0.25) is 4.79 Å². The second kappa shape index (κ2) is 5.09. The van der Waals surface area contributed by atoms with E-state index in [1.807, 2.05) is 0 Å². The van der Waals surface area contributed by atoms with Crippen LogP contribution in [0.5, 0.6) is 0 Å². The fourth-order valence-electron chi connectivity index (χ4n) is 1.10. The average molecular weight is 260 g/mol. The zero-order chi connectivity index (χ0) is 10.6. The Kier molecular flexibility index (Phi) is 4.06. The summed E-state index contributed by atoms with van der Waals surface area (Å²) in [5.41, 5.74) is 0.672. The van der Waals surface area contributed by atoms with Crippen LogP contribution < -0.4 is 5.90 Å². The third-order valence-corrected chi connectivity index (χ3v) is 2.36. The Balaban J connectivity index is 2.87. The van der Waals surface area contributed by atoms with E-state index in [2.05, 4.69) is 20.8 Å². The summed E-state index contributed by atoms with van der Waals surface area (Å²) in [6.45, 7) is -0.0308. The SMILES string of the molecule is NOCC(C(=O)O)c1ccc(Br)cc1. The lowest BCUT2D eigenvalue weighted by Gasteiger charge is -2.10. The van der Waals surface area contributed by atoms with Crippen molar-refractivity contribution in [3.8, 4) is 0 Å². The summed E-state index contributed by atoms with van der Waals surface area (Å²) in [4.78, 5) is 15.2. The summed E-state index contributed by atoms with van der Waals surface area (Å²) in [6, 6.07) is 7.01. The van der Waals surface area contributed by atoms with Crippen LogP contribution in [0.15, 0.2) is 28.7 Å². The van der Waals surface area contributed by atoms with E-state index in [1.165, 1.54) is 0 Å². The number of carboxylic acid groups (broad SMARTS) is 1. The number of benzene rings is 1. The van der Waals surface area contributed by atoms with Gasteiger partial charge in [-0.2, -0.15) is 0 Å². The van der Waals surface area contributed by atoms with Gasteiger partial charge in [0.2, 0.25) is 0 Å². The Hall–Kier alpha value is -0.910. The molecular weight excluding hydrogens is 250 g/mol. The summed E-state index contributed by atoms with van der Waals surface area (Å²) in [5.74, 6) is 3.20. The number of nitrogens with two attached hydrogens (primary N) is 1. The molecule has 0 saturated heterocycles. The Bertz CT molecular complexity index is 312. The lowest BCUT2D eigenvalue weighted by Crippen LogP contribution is -2.19. The molecule has 3 N–H and O–H groups in total. The maximum absolute atomic E-state index is 10.8. The highest BCUT2D eigenvalue weighted by Gasteiger charge is 2.19.